The van der Waals surface area contributed by atoms with E-state index in [0.717, 1.165) is 17.5 Å². The molecule has 2 aromatic rings. The molecule has 2 rings (SSSR count). The summed E-state index contributed by atoms with van der Waals surface area (Å²) in [6, 6.07) is 17.0. The predicted octanol–water partition coefficient (Wildman–Crippen LogP) is 3.62. The summed E-state index contributed by atoms with van der Waals surface area (Å²) in [5, 5.41) is 0. The van der Waals surface area contributed by atoms with Crippen molar-refractivity contribution in [3.05, 3.63) is 83.6 Å². The van der Waals surface area contributed by atoms with Crippen molar-refractivity contribution in [3.63, 3.8) is 0 Å². The van der Waals surface area contributed by atoms with Gasteiger partial charge >= 0.3 is 0 Å². The monoisotopic (exact) mass is 252 g/mol. The maximum absolute atomic E-state index is 12.2. The summed E-state index contributed by atoms with van der Waals surface area (Å²) in [6.07, 6.45) is 4.39. The zero-order valence-electron chi connectivity index (χ0n) is 10.9. The highest BCUT2D eigenvalue weighted by Gasteiger charge is 2.07. The molecule has 0 saturated heterocycles. The zero-order valence-corrected chi connectivity index (χ0v) is 10.9. The summed E-state index contributed by atoms with van der Waals surface area (Å²) < 4.78 is 4.85. The first-order valence-corrected chi connectivity index (χ1v) is 6.18. The van der Waals surface area contributed by atoms with Gasteiger partial charge in [-0.25, -0.2) is 0 Å². The van der Waals surface area contributed by atoms with E-state index >= 15 is 0 Å². The molecule has 0 amide bonds. The smallest absolute Gasteiger partial charge is 0.193 e. The van der Waals surface area contributed by atoms with Gasteiger partial charge in [0.15, 0.2) is 5.78 Å². The lowest BCUT2D eigenvalue weighted by atomic mass is 10.0. The molecule has 0 unspecified atom stereocenters. The van der Waals surface area contributed by atoms with E-state index in [1.165, 1.54) is 0 Å². The van der Waals surface area contributed by atoms with Gasteiger partial charge in [-0.3, -0.25) is 4.79 Å². The Kier molecular flexibility index (Phi) is 4.51. The first-order valence-electron chi connectivity index (χ1n) is 6.18. The highest BCUT2D eigenvalue weighted by atomic mass is 16.5. The molecular formula is C17H16O2. The van der Waals surface area contributed by atoms with E-state index < -0.39 is 0 Å². The third-order valence-corrected chi connectivity index (χ3v) is 2.84. The van der Waals surface area contributed by atoms with Crippen molar-refractivity contribution in [2.75, 3.05) is 7.11 Å². The first kappa shape index (κ1) is 13.1. The van der Waals surface area contributed by atoms with Crippen molar-refractivity contribution in [2.24, 2.45) is 0 Å². The summed E-state index contributed by atoms with van der Waals surface area (Å²) in [7, 11) is 1.62. The second-order valence-corrected chi connectivity index (χ2v) is 4.20. The molecule has 2 aromatic carbocycles. The molecule has 0 saturated carbocycles. The highest BCUT2D eigenvalue weighted by molar-refractivity contribution is 6.08. The van der Waals surface area contributed by atoms with Crippen LogP contribution < -0.4 is 0 Å². The summed E-state index contributed by atoms with van der Waals surface area (Å²) in [5.74, 6) is 0.0552. The van der Waals surface area contributed by atoms with Crippen molar-refractivity contribution < 1.29 is 9.53 Å². The molecule has 2 heteroatoms. The zero-order chi connectivity index (χ0) is 13.5. The van der Waals surface area contributed by atoms with Gasteiger partial charge in [0, 0.05) is 11.1 Å². The average molecular weight is 252 g/mol. The van der Waals surface area contributed by atoms with Crippen LogP contribution in [0.15, 0.2) is 66.9 Å². The molecule has 0 N–H and O–H groups in total. The Morgan fingerprint density at radius 2 is 1.63 bits per heavy atom. The standard InChI is InChI=1S/C17H16O2/c1-19-13-5-6-14-9-11-16(12-10-14)17(18)15-7-3-2-4-8-15/h2-5,7-13H,6H2,1H3. The van der Waals surface area contributed by atoms with Crippen molar-refractivity contribution in [3.8, 4) is 0 Å². The molecule has 96 valence electrons. The quantitative estimate of drug-likeness (QED) is 0.600. The lowest BCUT2D eigenvalue weighted by Crippen LogP contribution is -2.00. The van der Waals surface area contributed by atoms with E-state index in [-0.39, 0.29) is 5.78 Å². The van der Waals surface area contributed by atoms with E-state index in [1.54, 1.807) is 13.4 Å². The van der Waals surface area contributed by atoms with Crippen molar-refractivity contribution in [2.45, 2.75) is 6.42 Å². The Morgan fingerprint density at radius 3 is 2.26 bits per heavy atom. The Balaban J connectivity index is 2.10. The molecule has 2 nitrogen and oxygen atoms in total. The number of hydrogen-bond acceptors (Lipinski definition) is 2. The van der Waals surface area contributed by atoms with Crippen LogP contribution in [0.25, 0.3) is 0 Å². The molecule has 0 spiro atoms. The van der Waals surface area contributed by atoms with Crippen molar-refractivity contribution in [1.82, 2.24) is 0 Å². The highest BCUT2D eigenvalue weighted by Crippen LogP contribution is 2.11. The minimum Gasteiger partial charge on any atom is -0.505 e. The SMILES string of the molecule is COC=CCc1ccc(C(=O)c2ccccc2)cc1. The molecular weight excluding hydrogens is 236 g/mol. The van der Waals surface area contributed by atoms with Crippen LogP contribution in [0.5, 0.6) is 0 Å². The molecule has 0 aromatic heterocycles. The minimum absolute atomic E-state index is 0.0552. The number of ketones is 1. The van der Waals surface area contributed by atoms with Crippen molar-refractivity contribution in [1.29, 1.82) is 0 Å². The summed E-state index contributed by atoms with van der Waals surface area (Å²) in [5.41, 5.74) is 2.58. The maximum Gasteiger partial charge on any atom is 0.193 e. The molecule has 0 aliphatic carbocycles. The van der Waals surface area contributed by atoms with Crippen LogP contribution in [0.4, 0.5) is 0 Å². The van der Waals surface area contributed by atoms with Gasteiger partial charge in [-0.1, -0.05) is 54.6 Å². The molecule has 0 atom stereocenters. The number of benzene rings is 2. The predicted molar refractivity (Wildman–Crippen MR) is 76.2 cm³/mol. The number of hydrogen-bond donors (Lipinski definition) is 0. The lowest BCUT2D eigenvalue weighted by molar-refractivity contribution is 0.103. The van der Waals surface area contributed by atoms with Crippen LogP contribution in [0.2, 0.25) is 0 Å². The Morgan fingerprint density at radius 1 is 1.00 bits per heavy atom. The Bertz CT molecular complexity index is 554. The van der Waals surface area contributed by atoms with Gasteiger partial charge in [-0.2, -0.15) is 0 Å². The third-order valence-electron chi connectivity index (χ3n) is 2.84. The molecule has 0 radical (unpaired) electrons. The van der Waals surface area contributed by atoms with E-state index in [2.05, 4.69) is 0 Å². The van der Waals surface area contributed by atoms with Crippen LogP contribution in [0.1, 0.15) is 21.5 Å². The fourth-order valence-electron chi connectivity index (χ4n) is 1.83. The Hall–Kier alpha value is -2.35. The Labute approximate surface area is 113 Å². The van der Waals surface area contributed by atoms with Gasteiger partial charge < -0.3 is 4.74 Å². The fourth-order valence-corrected chi connectivity index (χ4v) is 1.83. The van der Waals surface area contributed by atoms with Crippen LogP contribution in [0.3, 0.4) is 0 Å². The maximum atomic E-state index is 12.2. The fraction of sp³-hybridized carbons (Fsp3) is 0.118. The van der Waals surface area contributed by atoms with E-state index in [9.17, 15) is 4.79 Å². The molecule has 19 heavy (non-hydrogen) atoms. The van der Waals surface area contributed by atoms with Crippen LogP contribution in [0, 0.1) is 0 Å². The number of rotatable bonds is 5. The lowest BCUT2D eigenvalue weighted by Gasteiger charge is -2.02. The first-order chi connectivity index (χ1) is 9.31. The molecule has 0 heterocycles. The summed E-state index contributed by atoms with van der Waals surface area (Å²) in [6.45, 7) is 0. The normalized spacial score (nSPS) is 10.6. The second-order valence-electron chi connectivity index (χ2n) is 4.20. The van der Waals surface area contributed by atoms with Crippen LogP contribution >= 0.6 is 0 Å². The third kappa shape index (κ3) is 3.55. The molecule has 0 aliphatic rings. The number of allylic oxidation sites excluding steroid dienone is 1. The minimum atomic E-state index is 0.0552. The number of carbonyl (C=O) groups excluding carboxylic acids is 1. The molecule has 0 aliphatic heterocycles. The average Bonchev–Trinajstić information content (AvgIpc) is 2.48. The van der Waals surface area contributed by atoms with Gasteiger partial charge in [0.05, 0.1) is 13.4 Å². The van der Waals surface area contributed by atoms with Gasteiger partial charge in [-0.15, -0.1) is 0 Å². The number of methoxy groups -OCH3 is 1. The van der Waals surface area contributed by atoms with E-state index in [1.807, 2.05) is 60.7 Å². The topological polar surface area (TPSA) is 26.3 Å². The summed E-state index contributed by atoms with van der Waals surface area (Å²) >= 11 is 0. The molecule has 0 fully saturated rings. The van der Waals surface area contributed by atoms with E-state index in [4.69, 9.17) is 4.74 Å². The van der Waals surface area contributed by atoms with Gasteiger partial charge in [0.25, 0.3) is 0 Å². The second kappa shape index (κ2) is 6.55. The van der Waals surface area contributed by atoms with Gasteiger partial charge in [-0.05, 0) is 18.1 Å². The van der Waals surface area contributed by atoms with Crippen LogP contribution in [-0.2, 0) is 11.2 Å². The summed E-state index contributed by atoms with van der Waals surface area (Å²) in [4.78, 5) is 12.2. The van der Waals surface area contributed by atoms with Gasteiger partial charge in [0.2, 0.25) is 0 Å². The number of carbonyl (C=O) groups is 1. The van der Waals surface area contributed by atoms with Crippen molar-refractivity contribution >= 4 is 5.78 Å². The number of ether oxygens (including phenoxy) is 1. The van der Waals surface area contributed by atoms with Crippen LogP contribution in [-0.4, -0.2) is 12.9 Å². The largest absolute Gasteiger partial charge is 0.505 e. The molecule has 0 bridgehead atoms. The van der Waals surface area contributed by atoms with Gasteiger partial charge in [0.1, 0.15) is 0 Å². The van der Waals surface area contributed by atoms with E-state index in [0.29, 0.717) is 5.56 Å².